The van der Waals surface area contributed by atoms with Gasteiger partial charge in [-0.15, -0.1) is 0 Å². The number of rotatable bonds is 4. The number of phenolic OH excluding ortho intramolecular Hbond substituents is 1. The van der Waals surface area contributed by atoms with Crippen LogP contribution in [0.15, 0.2) is 53.3 Å². The summed E-state index contributed by atoms with van der Waals surface area (Å²) in [6.45, 7) is 1.83. The first-order valence-corrected chi connectivity index (χ1v) is 8.44. The molecule has 29 heavy (non-hydrogen) atoms. The van der Waals surface area contributed by atoms with Crippen molar-refractivity contribution in [3.63, 3.8) is 0 Å². The van der Waals surface area contributed by atoms with E-state index in [0.29, 0.717) is 5.69 Å². The predicted octanol–water partition coefficient (Wildman–Crippen LogP) is 1.99. The number of aryl methyl sites for hydroxylation is 1. The van der Waals surface area contributed by atoms with E-state index in [0.717, 1.165) is 23.4 Å². The van der Waals surface area contributed by atoms with Gasteiger partial charge >= 0.3 is 5.97 Å². The molecule has 2 aromatic carbocycles. The molecule has 0 spiro atoms. The van der Waals surface area contributed by atoms with E-state index in [1.54, 1.807) is 18.2 Å². The lowest BCUT2D eigenvalue weighted by molar-refractivity contribution is 0.0597. The van der Waals surface area contributed by atoms with Crippen molar-refractivity contribution in [1.82, 2.24) is 9.78 Å². The van der Waals surface area contributed by atoms with Gasteiger partial charge in [-0.2, -0.15) is 9.78 Å². The van der Waals surface area contributed by atoms with Crippen molar-refractivity contribution in [3.8, 4) is 17.2 Å². The van der Waals surface area contributed by atoms with Crippen LogP contribution in [0.5, 0.6) is 11.5 Å². The molecule has 148 valence electrons. The number of amides is 1. The zero-order valence-corrected chi connectivity index (χ0v) is 15.5. The smallest absolute Gasteiger partial charge is 0.341 e. The van der Waals surface area contributed by atoms with Crippen molar-refractivity contribution in [3.05, 3.63) is 75.7 Å². The summed E-state index contributed by atoms with van der Waals surface area (Å²) in [5.41, 5.74) is -0.00631. The van der Waals surface area contributed by atoms with Crippen LogP contribution in [0.1, 0.15) is 26.4 Å². The predicted molar refractivity (Wildman–Crippen MR) is 104 cm³/mol. The monoisotopic (exact) mass is 395 g/mol. The minimum Gasteiger partial charge on any atom is -0.505 e. The van der Waals surface area contributed by atoms with Crippen LogP contribution in [0, 0.1) is 6.92 Å². The number of carbonyl (C=O) groups excluding carboxylic acids is 2. The highest BCUT2D eigenvalue weighted by atomic mass is 16.5. The lowest BCUT2D eigenvalue weighted by Gasteiger charge is -2.12. The Morgan fingerprint density at radius 3 is 2.52 bits per heavy atom. The molecule has 0 aliphatic carbocycles. The number of aromatic nitrogens is 2. The number of benzene rings is 2. The molecule has 0 saturated heterocycles. The Balaban J connectivity index is 2.00. The molecular formula is C20H17N3O6. The number of carbonyl (C=O) groups is 2. The van der Waals surface area contributed by atoms with Crippen molar-refractivity contribution in [2.45, 2.75) is 6.92 Å². The van der Waals surface area contributed by atoms with Crippen LogP contribution in [-0.2, 0) is 4.74 Å². The minimum absolute atomic E-state index is 0.0904. The van der Waals surface area contributed by atoms with Crippen LogP contribution in [0.2, 0.25) is 0 Å². The van der Waals surface area contributed by atoms with Gasteiger partial charge in [0, 0.05) is 6.07 Å². The highest BCUT2D eigenvalue weighted by Crippen LogP contribution is 2.28. The summed E-state index contributed by atoms with van der Waals surface area (Å²) in [7, 11) is 1.16. The number of ether oxygens (including phenoxy) is 1. The maximum Gasteiger partial charge on any atom is 0.341 e. The average Bonchev–Trinajstić information content (AvgIpc) is 2.69. The highest BCUT2D eigenvalue weighted by Gasteiger charge is 2.20. The van der Waals surface area contributed by atoms with Gasteiger partial charge in [0.25, 0.3) is 11.5 Å². The quantitative estimate of drug-likeness (QED) is 0.455. The minimum atomic E-state index is -0.888. The SMILES string of the molecule is COC(=O)c1cccc(NC(=O)c2nn(-c3cccc(C)c3)c(=O)cc2O)c1O. The fraction of sp³-hybridized carbons (Fsp3) is 0.100. The average molecular weight is 395 g/mol. The van der Waals surface area contributed by atoms with Crippen LogP contribution in [0.3, 0.4) is 0 Å². The largest absolute Gasteiger partial charge is 0.505 e. The zero-order chi connectivity index (χ0) is 21.1. The molecule has 3 N–H and O–H groups in total. The summed E-state index contributed by atoms with van der Waals surface area (Å²) in [6, 6.07) is 11.9. The molecule has 0 radical (unpaired) electrons. The summed E-state index contributed by atoms with van der Waals surface area (Å²) in [4.78, 5) is 36.5. The second-order valence-electron chi connectivity index (χ2n) is 6.11. The van der Waals surface area contributed by atoms with E-state index in [-0.39, 0.29) is 11.3 Å². The Labute approximate surface area is 164 Å². The molecule has 9 heteroatoms. The number of methoxy groups -OCH3 is 1. The normalized spacial score (nSPS) is 10.4. The lowest BCUT2D eigenvalue weighted by Crippen LogP contribution is -2.25. The number of para-hydroxylation sites is 1. The molecule has 1 heterocycles. The molecular weight excluding hydrogens is 378 g/mol. The highest BCUT2D eigenvalue weighted by molar-refractivity contribution is 6.06. The zero-order valence-electron chi connectivity index (χ0n) is 15.5. The van der Waals surface area contributed by atoms with Gasteiger partial charge in [-0.1, -0.05) is 18.2 Å². The second kappa shape index (κ2) is 7.85. The van der Waals surface area contributed by atoms with Crippen LogP contribution < -0.4 is 10.9 Å². The van der Waals surface area contributed by atoms with Crippen LogP contribution in [0.4, 0.5) is 5.69 Å². The number of aromatic hydroxyl groups is 2. The summed E-state index contributed by atoms with van der Waals surface area (Å²) >= 11 is 0. The van der Waals surface area contributed by atoms with Crippen LogP contribution in [0.25, 0.3) is 5.69 Å². The van der Waals surface area contributed by atoms with E-state index in [1.165, 1.54) is 18.2 Å². The Hall–Kier alpha value is -4.14. The van der Waals surface area contributed by atoms with Crippen LogP contribution >= 0.6 is 0 Å². The lowest BCUT2D eigenvalue weighted by atomic mass is 10.1. The van der Waals surface area contributed by atoms with E-state index in [2.05, 4.69) is 15.2 Å². The van der Waals surface area contributed by atoms with E-state index in [9.17, 15) is 24.6 Å². The number of esters is 1. The van der Waals surface area contributed by atoms with Gasteiger partial charge in [-0.05, 0) is 36.8 Å². The van der Waals surface area contributed by atoms with Crippen molar-refractivity contribution < 1.29 is 24.5 Å². The Bertz CT molecular complexity index is 1170. The van der Waals surface area contributed by atoms with Gasteiger partial charge in [-0.3, -0.25) is 9.59 Å². The standard InChI is InChI=1S/C20H17N3O6/c1-11-5-3-6-12(9-11)23-16(25)10-15(24)17(22-23)19(27)21-14-8-4-7-13(18(14)26)20(28)29-2/h3-10,24,26H,1-2H3,(H,21,27). The number of anilines is 1. The van der Waals surface area contributed by atoms with Crippen molar-refractivity contribution in [2.75, 3.05) is 12.4 Å². The molecule has 1 aromatic heterocycles. The van der Waals surface area contributed by atoms with Gasteiger partial charge in [-0.25, -0.2) is 4.79 Å². The fourth-order valence-corrected chi connectivity index (χ4v) is 2.65. The number of nitrogens with zero attached hydrogens (tertiary/aromatic N) is 2. The molecule has 1 amide bonds. The molecule has 0 aliphatic rings. The third-order valence-electron chi connectivity index (χ3n) is 4.06. The fourth-order valence-electron chi connectivity index (χ4n) is 2.65. The molecule has 3 rings (SSSR count). The molecule has 9 nitrogen and oxygen atoms in total. The Morgan fingerprint density at radius 2 is 1.83 bits per heavy atom. The topological polar surface area (TPSA) is 131 Å². The van der Waals surface area contributed by atoms with Gasteiger partial charge in [0.1, 0.15) is 5.56 Å². The van der Waals surface area contributed by atoms with Gasteiger partial charge in [0.05, 0.1) is 18.5 Å². The van der Waals surface area contributed by atoms with Crippen LogP contribution in [-0.4, -0.2) is 39.0 Å². The summed E-state index contributed by atoms with van der Waals surface area (Å²) in [6.07, 6.45) is 0. The number of hydrogen-bond acceptors (Lipinski definition) is 7. The van der Waals surface area contributed by atoms with E-state index in [1.807, 2.05) is 13.0 Å². The van der Waals surface area contributed by atoms with Gasteiger partial charge in [0.2, 0.25) is 0 Å². The Kier molecular flexibility index (Phi) is 5.31. The first-order valence-electron chi connectivity index (χ1n) is 8.44. The first kappa shape index (κ1) is 19.6. The van der Waals surface area contributed by atoms with E-state index >= 15 is 0 Å². The third kappa shape index (κ3) is 3.93. The van der Waals surface area contributed by atoms with Crippen molar-refractivity contribution >= 4 is 17.6 Å². The number of hydrogen-bond donors (Lipinski definition) is 3. The third-order valence-corrected chi connectivity index (χ3v) is 4.06. The number of phenols is 1. The van der Waals surface area contributed by atoms with Crippen molar-refractivity contribution in [1.29, 1.82) is 0 Å². The van der Waals surface area contributed by atoms with E-state index < -0.39 is 34.6 Å². The maximum atomic E-state index is 12.6. The molecule has 0 atom stereocenters. The second-order valence-corrected chi connectivity index (χ2v) is 6.11. The summed E-state index contributed by atoms with van der Waals surface area (Å²) in [5.74, 6) is -2.80. The van der Waals surface area contributed by atoms with Gasteiger partial charge in [0.15, 0.2) is 17.2 Å². The van der Waals surface area contributed by atoms with Crippen molar-refractivity contribution in [2.24, 2.45) is 0 Å². The van der Waals surface area contributed by atoms with E-state index in [4.69, 9.17) is 0 Å². The number of nitrogens with one attached hydrogen (secondary N) is 1. The summed E-state index contributed by atoms with van der Waals surface area (Å²) in [5, 5.41) is 26.6. The molecule has 0 aliphatic heterocycles. The van der Waals surface area contributed by atoms with Gasteiger partial charge < -0.3 is 20.3 Å². The Morgan fingerprint density at radius 1 is 1.10 bits per heavy atom. The first-order chi connectivity index (χ1) is 13.8. The summed E-state index contributed by atoms with van der Waals surface area (Å²) < 4.78 is 5.54. The molecule has 0 fully saturated rings. The molecule has 3 aromatic rings. The molecule has 0 bridgehead atoms. The molecule has 0 saturated carbocycles. The maximum absolute atomic E-state index is 12.6. The molecule has 0 unspecified atom stereocenters.